The molecular weight excluding hydrogens is 364 g/mol. The summed E-state index contributed by atoms with van der Waals surface area (Å²) in [6.45, 7) is 2.26. The zero-order chi connectivity index (χ0) is 15.9. The van der Waals surface area contributed by atoms with E-state index in [1.807, 2.05) is 36.6 Å². The van der Waals surface area contributed by atoms with Crippen molar-refractivity contribution in [3.8, 4) is 0 Å². The van der Waals surface area contributed by atoms with Crippen molar-refractivity contribution in [2.75, 3.05) is 6.54 Å². The summed E-state index contributed by atoms with van der Waals surface area (Å²) in [4.78, 5) is 23.7. The van der Waals surface area contributed by atoms with Gasteiger partial charge in [0, 0.05) is 28.4 Å². The molecular formula is C16H17BrN2O2S. The van der Waals surface area contributed by atoms with E-state index in [-0.39, 0.29) is 24.3 Å². The molecule has 1 aromatic carbocycles. The molecule has 0 aliphatic heterocycles. The summed E-state index contributed by atoms with van der Waals surface area (Å²) in [6.07, 6.45) is 0.255. The third-order valence-corrected chi connectivity index (χ3v) is 4.58. The lowest BCUT2D eigenvalue weighted by Gasteiger charge is -2.16. The molecule has 6 heteroatoms. The molecule has 2 aromatic rings. The minimum Gasteiger partial charge on any atom is -0.351 e. The molecule has 2 rings (SSSR count). The van der Waals surface area contributed by atoms with Crippen LogP contribution in [0.1, 0.15) is 35.3 Å². The van der Waals surface area contributed by atoms with E-state index in [0.29, 0.717) is 12.1 Å². The van der Waals surface area contributed by atoms with Crippen molar-refractivity contribution in [3.63, 3.8) is 0 Å². The van der Waals surface area contributed by atoms with Crippen LogP contribution in [0.25, 0.3) is 0 Å². The number of amides is 2. The molecule has 2 N–H and O–H groups in total. The van der Waals surface area contributed by atoms with Gasteiger partial charge in [0.15, 0.2) is 0 Å². The van der Waals surface area contributed by atoms with Crippen molar-refractivity contribution in [2.45, 2.75) is 19.4 Å². The van der Waals surface area contributed by atoms with E-state index in [9.17, 15) is 9.59 Å². The lowest BCUT2D eigenvalue weighted by atomic mass is 10.1. The maximum absolute atomic E-state index is 11.9. The number of thiophene rings is 1. The van der Waals surface area contributed by atoms with Crippen LogP contribution in [-0.2, 0) is 4.79 Å². The molecule has 22 heavy (non-hydrogen) atoms. The Bertz CT molecular complexity index is 643. The van der Waals surface area contributed by atoms with Gasteiger partial charge in [-0.3, -0.25) is 9.59 Å². The smallest absolute Gasteiger partial charge is 0.252 e. The van der Waals surface area contributed by atoms with E-state index >= 15 is 0 Å². The predicted octanol–water partition coefficient (Wildman–Crippen LogP) is 3.51. The quantitative estimate of drug-likeness (QED) is 0.805. The number of rotatable bonds is 6. The van der Waals surface area contributed by atoms with Crippen LogP contribution in [0, 0.1) is 0 Å². The van der Waals surface area contributed by atoms with Crippen molar-refractivity contribution >= 4 is 39.1 Å². The highest BCUT2D eigenvalue weighted by atomic mass is 79.9. The lowest BCUT2D eigenvalue weighted by Crippen LogP contribution is -2.32. The van der Waals surface area contributed by atoms with Gasteiger partial charge in [0.25, 0.3) is 5.91 Å². The van der Waals surface area contributed by atoms with Gasteiger partial charge in [-0.25, -0.2) is 0 Å². The zero-order valence-electron chi connectivity index (χ0n) is 12.1. The lowest BCUT2D eigenvalue weighted by molar-refractivity contribution is -0.121. The fourth-order valence-electron chi connectivity index (χ4n) is 2.00. The molecule has 116 valence electrons. The summed E-state index contributed by atoms with van der Waals surface area (Å²) in [5.41, 5.74) is 1.66. The van der Waals surface area contributed by atoms with Gasteiger partial charge >= 0.3 is 0 Å². The standard InChI is InChI=1S/C16H17BrN2O2S/c1-11(13-4-2-3-5-14(13)17)19-15(20)6-8-18-16(21)12-7-9-22-10-12/h2-5,7,9-11H,6,8H2,1H3,(H,18,21)(H,19,20). The van der Waals surface area contributed by atoms with Crippen molar-refractivity contribution in [3.05, 3.63) is 56.7 Å². The topological polar surface area (TPSA) is 58.2 Å². The monoisotopic (exact) mass is 380 g/mol. The molecule has 0 bridgehead atoms. The molecule has 0 radical (unpaired) electrons. The van der Waals surface area contributed by atoms with Crippen LogP contribution in [0.4, 0.5) is 0 Å². The molecule has 1 atom stereocenters. The summed E-state index contributed by atoms with van der Waals surface area (Å²) in [7, 11) is 0. The molecule has 0 spiro atoms. The molecule has 1 unspecified atom stereocenters. The maximum Gasteiger partial charge on any atom is 0.252 e. The molecule has 0 saturated carbocycles. The first kappa shape index (κ1) is 16.7. The van der Waals surface area contributed by atoms with Gasteiger partial charge in [-0.05, 0) is 30.0 Å². The number of carbonyl (C=O) groups is 2. The number of carbonyl (C=O) groups excluding carboxylic acids is 2. The second-order valence-corrected chi connectivity index (χ2v) is 6.46. The van der Waals surface area contributed by atoms with Crippen LogP contribution in [0.15, 0.2) is 45.6 Å². The van der Waals surface area contributed by atoms with E-state index in [0.717, 1.165) is 10.0 Å². The van der Waals surface area contributed by atoms with E-state index < -0.39 is 0 Å². The van der Waals surface area contributed by atoms with Crippen LogP contribution >= 0.6 is 27.3 Å². The fraction of sp³-hybridized carbons (Fsp3) is 0.250. The normalized spacial score (nSPS) is 11.7. The Kier molecular flexibility index (Phi) is 6.15. The maximum atomic E-state index is 11.9. The van der Waals surface area contributed by atoms with Gasteiger partial charge in [-0.1, -0.05) is 34.1 Å². The molecule has 0 saturated heterocycles. The summed E-state index contributed by atoms with van der Waals surface area (Å²) in [5.74, 6) is -0.234. The van der Waals surface area contributed by atoms with E-state index in [2.05, 4.69) is 26.6 Å². The second-order valence-electron chi connectivity index (χ2n) is 4.83. The largest absolute Gasteiger partial charge is 0.351 e. The van der Waals surface area contributed by atoms with Gasteiger partial charge in [0.2, 0.25) is 5.91 Å². The Balaban J connectivity index is 1.76. The minimum absolute atomic E-state index is 0.0874. The Hall–Kier alpha value is -1.66. The molecule has 1 aromatic heterocycles. The summed E-state index contributed by atoms with van der Waals surface area (Å²) < 4.78 is 0.966. The van der Waals surface area contributed by atoms with Gasteiger partial charge in [0.05, 0.1) is 6.04 Å². The highest BCUT2D eigenvalue weighted by Crippen LogP contribution is 2.22. The minimum atomic E-state index is -0.145. The van der Waals surface area contributed by atoms with Crippen molar-refractivity contribution in [2.24, 2.45) is 0 Å². The Labute approximate surface area is 142 Å². The summed E-state index contributed by atoms with van der Waals surface area (Å²) in [6, 6.07) is 9.45. The first-order chi connectivity index (χ1) is 10.6. The first-order valence-electron chi connectivity index (χ1n) is 6.92. The zero-order valence-corrected chi connectivity index (χ0v) is 14.5. The molecule has 0 aliphatic carbocycles. The van der Waals surface area contributed by atoms with Gasteiger partial charge in [-0.15, -0.1) is 0 Å². The van der Waals surface area contributed by atoms with Crippen LogP contribution in [0.5, 0.6) is 0 Å². The molecule has 0 fully saturated rings. The number of halogens is 1. The summed E-state index contributed by atoms with van der Waals surface area (Å²) in [5, 5.41) is 9.30. The van der Waals surface area contributed by atoms with Crippen LogP contribution < -0.4 is 10.6 Å². The predicted molar refractivity (Wildman–Crippen MR) is 92.0 cm³/mol. The van der Waals surface area contributed by atoms with Crippen LogP contribution in [0.2, 0.25) is 0 Å². The number of hydrogen-bond acceptors (Lipinski definition) is 3. The Morgan fingerprint density at radius 2 is 2.05 bits per heavy atom. The van der Waals surface area contributed by atoms with E-state index in [1.165, 1.54) is 11.3 Å². The highest BCUT2D eigenvalue weighted by molar-refractivity contribution is 9.10. The molecule has 4 nitrogen and oxygen atoms in total. The van der Waals surface area contributed by atoms with Crippen LogP contribution in [0.3, 0.4) is 0 Å². The average molecular weight is 381 g/mol. The second kappa shape index (κ2) is 8.10. The molecule has 2 amide bonds. The van der Waals surface area contributed by atoms with E-state index in [1.54, 1.807) is 11.4 Å². The first-order valence-corrected chi connectivity index (χ1v) is 8.65. The summed E-state index contributed by atoms with van der Waals surface area (Å²) >= 11 is 4.94. The molecule has 1 heterocycles. The Morgan fingerprint density at radius 3 is 2.73 bits per heavy atom. The van der Waals surface area contributed by atoms with Crippen molar-refractivity contribution in [1.82, 2.24) is 10.6 Å². The third kappa shape index (κ3) is 4.68. The van der Waals surface area contributed by atoms with Crippen LogP contribution in [-0.4, -0.2) is 18.4 Å². The number of nitrogens with one attached hydrogen (secondary N) is 2. The van der Waals surface area contributed by atoms with Crippen molar-refractivity contribution < 1.29 is 9.59 Å². The SMILES string of the molecule is CC(NC(=O)CCNC(=O)c1ccsc1)c1ccccc1Br. The number of hydrogen-bond donors (Lipinski definition) is 2. The van der Waals surface area contributed by atoms with Gasteiger partial charge < -0.3 is 10.6 Å². The molecule has 0 aliphatic rings. The number of benzene rings is 1. The third-order valence-electron chi connectivity index (χ3n) is 3.17. The van der Waals surface area contributed by atoms with Crippen molar-refractivity contribution in [1.29, 1.82) is 0 Å². The fourth-order valence-corrected chi connectivity index (χ4v) is 3.27. The Morgan fingerprint density at radius 1 is 1.27 bits per heavy atom. The highest BCUT2D eigenvalue weighted by Gasteiger charge is 2.12. The average Bonchev–Trinajstić information content (AvgIpc) is 3.01. The van der Waals surface area contributed by atoms with E-state index in [4.69, 9.17) is 0 Å². The van der Waals surface area contributed by atoms with Gasteiger partial charge in [0.1, 0.15) is 0 Å². The van der Waals surface area contributed by atoms with Gasteiger partial charge in [-0.2, -0.15) is 11.3 Å².